The summed E-state index contributed by atoms with van der Waals surface area (Å²) in [5.41, 5.74) is 4.67. The molecule has 6 nitrogen and oxygen atoms in total. The lowest BCUT2D eigenvalue weighted by atomic mass is 10.0. The van der Waals surface area contributed by atoms with E-state index in [2.05, 4.69) is 27.4 Å². The van der Waals surface area contributed by atoms with Crippen LogP contribution in [0, 0.1) is 13.8 Å². The summed E-state index contributed by atoms with van der Waals surface area (Å²) in [6, 6.07) is 9.50. The van der Waals surface area contributed by atoms with Gasteiger partial charge in [0.2, 0.25) is 0 Å². The SMILES string of the molecule is Cc1cn(-c2ccc(Cc3cc(Cl)nn([C@@H](C)c4ccns4)c3=O)cc2C)cn1. The molecule has 0 aliphatic carbocycles. The maximum absolute atomic E-state index is 13.1. The van der Waals surface area contributed by atoms with E-state index in [1.807, 2.05) is 42.8 Å². The minimum atomic E-state index is -0.221. The van der Waals surface area contributed by atoms with Crippen LogP contribution in [0.1, 0.15) is 40.2 Å². The normalized spacial score (nSPS) is 12.3. The van der Waals surface area contributed by atoms with Crippen LogP contribution in [0.5, 0.6) is 0 Å². The third-order valence-electron chi connectivity index (χ3n) is 4.86. The quantitative estimate of drug-likeness (QED) is 0.476. The maximum atomic E-state index is 13.1. The molecule has 0 aliphatic heterocycles. The first kappa shape index (κ1) is 19.5. The predicted octanol–water partition coefficient (Wildman–Crippen LogP) is 4.36. The van der Waals surface area contributed by atoms with Crippen molar-refractivity contribution in [3.63, 3.8) is 0 Å². The summed E-state index contributed by atoms with van der Waals surface area (Å²) in [5, 5.41) is 4.55. The molecule has 0 radical (unpaired) electrons. The van der Waals surface area contributed by atoms with Gasteiger partial charge in [-0.2, -0.15) is 5.10 Å². The third kappa shape index (κ3) is 4.02. The summed E-state index contributed by atoms with van der Waals surface area (Å²) in [6.07, 6.45) is 6.00. The van der Waals surface area contributed by atoms with Gasteiger partial charge < -0.3 is 4.57 Å². The lowest BCUT2D eigenvalue weighted by molar-refractivity contribution is 0.534. The van der Waals surface area contributed by atoms with E-state index in [0.29, 0.717) is 17.1 Å². The largest absolute Gasteiger partial charge is 0.306 e. The van der Waals surface area contributed by atoms with E-state index in [1.165, 1.54) is 16.2 Å². The molecule has 29 heavy (non-hydrogen) atoms. The van der Waals surface area contributed by atoms with Gasteiger partial charge in [0.1, 0.15) is 5.15 Å². The van der Waals surface area contributed by atoms with Crippen LogP contribution in [0.4, 0.5) is 0 Å². The number of halogens is 1. The van der Waals surface area contributed by atoms with E-state index in [1.54, 1.807) is 18.6 Å². The highest BCUT2D eigenvalue weighted by atomic mass is 35.5. The van der Waals surface area contributed by atoms with Crippen molar-refractivity contribution < 1.29 is 0 Å². The molecule has 148 valence electrons. The van der Waals surface area contributed by atoms with Crippen LogP contribution in [-0.4, -0.2) is 23.7 Å². The lowest BCUT2D eigenvalue weighted by Gasteiger charge is -2.14. The number of hydrogen-bond acceptors (Lipinski definition) is 5. The number of benzene rings is 1. The summed E-state index contributed by atoms with van der Waals surface area (Å²) in [7, 11) is 0. The molecule has 1 atom stereocenters. The Morgan fingerprint density at radius 1 is 1.21 bits per heavy atom. The maximum Gasteiger partial charge on any atom is 0.270 e. The minimum absolute atomic E-state index is 0.137. The fourth-order valence-electron chi connectivity index (χ4n) is 3.37. The summed E-state index contributed by atoms with van der Waals surface area (Å²) >= 11 is 7.59. The van der Waals surface area contributed by atoms with Crippen LogP contribution in [0.2, 0.25) is 5.15 Å². The standard InChI is InChI=1S/C21H20ClN5OS/c1-13-8-16(4-5-18(13)26-11-14(2)23-12-26)9-17-10-20(22)25-27(21(17)28)15(3)19-6-7-24-29-19/h4-8,10-12,15H,9H2,1-3H3/t15-/m0/s1. The molecule has 0 aliphatic rings. The molecule has 3 aromatic heterocycles. The van der Waals surface area contributed by atoms with Crippen LogP contribution >= 0.6 is 23.1 Å². The van der Waals surface area contributed by atoms with Crippen LogP contribution in [0.25, 0.3) is 5.69 Å². The molecule has 0 N–H and O–H groups in total. The molecule has 8 heteroatoms. The Bertz CT molecular complexity index is 1210. The number of aryl methyl sites for hydroxylation is 2. The second kappa shape index (κ2) is 7.93. The molecule has 0 amide bonds. The van der Waals surface area contributed by atoms with Gasteiger partial charge in [-0.15, -0.1) is 0 Å². The van der Waals surface area contributed by atoms with Crippen molar-refractivity contribution in [1.29, 1.82) is 0 Å². The molecule has 0 bridgehead atoms. The van der Waals surface area contributed by atoms with Gasteiger partial charge in [0.25, 0.3) is 5.56 Å². The van der Waals surface area contributed by atoms with Gasteiger partial charge >= 0.3 is 0 Å². The van der Waals surface area contributed by atoms with Crippen molar-refractivity contribution in [1.82, 2.24) is 23.7 Å². The van der Waals surface area contributed by atoms with Crippen molar-refractivity contribution in [2.24, 2.45) is 0 Å². The van der Waals surface area contributed by atoms with Gasteiger partial charge in [-0.25, -0.2) is 14.0 Å². The smallest absolute Gasteiger partial charge is 0.270 e. The van der Waals surface area contributed by atoms with Gasteiger partial charge in [-0.3, -0.25) is 4.79 Å². The van der Waals surface area contributed by atoms with Crippen LogP contribution < -0.4 is 5.56 Å². The predicted molar refractivity (Wildman–Crippen MR) is 115 cm³/mol. The first-order chi connectivity index (χ1) is 13.9. The number of nitrogens with zero attached hydrogens (tertiary/aromatic N) is 5. The fraction of sp³-hybridized carbons (Fsp3) is 0.238. The Morgan fingerprint density at radius 2 is 2.03 bits per heavy atom. The first-order valence-corrected chi connectivity index (χ1v) is 10.4. The fourth-order valence-corrected chi connectivity index (χ4v) is 4.20. The highest BCUT2D eigenvalue weighted by Gasteiger charge is 2.16. The molecule has 4 aromatic rings. The Kier molecular flexibility index (Phi) is 5.34. The van der Waals surface area contributed by atoms with Crippen molar-refractivity contribution in [2.45, 2.75) is 33.2 Å². The molecule has 4 rings (SSSR count). The Morgan fingerprint density at radius 3 is 2.69 bits per heavy atom. The van der Waals surface area contributed by atoms with E-state index in [4.69, 9.17) is 11.6 Å². The average Bonchev–Trinajstić information content (AvgIpc) is 3.36. The van der Waals surface area contributed by atoms with E-state index in [0.717, 1.165) is 27.4 Å². The third-order valence-corrected chi connectivity index (χ3v) is 5.96. The van der Waals surface area contributed by atoms with Gasteiger partial charge in [-0.1, -0.05) is 23.7 Å². The molecule has 1 aromatic carbocycles. The van der Waals surface area contributed by atoms with E-state index in [-0.39, 0.29) is 11.6 Å². The van der Waals surface area contributed by atoms with Crippen LogP contribution in [0.3, 0.4) is 0 Å². The van der Waals surface area contributed by atoms with Gasteiger partial charge in [-0.05, 0) is 61.6 Å². The molecule has 0 saturated carbocycles. The van der Waals surface area contributed by atoms with Gasteiger partial charge in [0.15, 0.2) is 0 Å². The topological polar surface area (TPSA) is 65.6 Å². The Hall–Kier alpha value is -2.77. The molecule has 3 heterocycles. The van der Waals surface area contributed by atoms with E-state index < -0.39 is 0 Å². The Labute approximate surface area is 177 Å². The summed E-state index contributed by atoms with van der Waals surface area (Å²) < 4.78 is 7.56. The van der Waals surface area contributed by atoms with Crippen molar-refractivity contribution in [2.75, 3.05) is 0 Å². The van der Waals surface area contributed by atoms with Crippen molar-refractivity contribution >= 4 is 23.1 Å². The molecule has 0 fully saturated rings. The molecular weight excluding hydrogens is 406 g/mol. The highest BCUT2D eigenvalue weighted by molar-refractivity contribution is 7.05. The van der Waals surface area contributed by atoms with E-state index in [9.17, 15) is 4.79 Å². The molecule has 0 unspecified atom stereocenters. The Balaban J connectivity index is 1.66. The highest BCUT2D eigenvalue weighted by Crippen LogP contribution is 2.21. The molecule has 0 spiro atoms. The second-order valence-electron chi connectivity index (χ2n) is 7.05. The first-order valence-electron chi connectivity index (χ1n) is 9.21. The lowest BCUT2D eigenvalue weighted by Crippen LogP contribution is -2.29. The summed E-state index contributed by atoms with van der Waals surface area (Å²) in [5.74, 6) is 0. The number of imidazole rings is 1. The van der Waals surface area contributed by atoms with E-state index >= 15 is 0 Å². The van der Waals surface area contributed by atoms with Crippen molar-refractivity contribution in [3.8, 4) is 5.69 Å². The zero-order valence-corrected chi connectivity index (χ0v) is 17.9. The minimum Gasteiger partial charge on any atom is -0.306 e. The number of rotatable bonds is 5. The monoisotopic (exact) mass is 425 g/mol. The van der Waals surface area contributed by atoms with Gasteiger partial charge in [0.05, 0.1) is 18.1 Å². The zero-order valence-electron chi connectivity index (χ0n) is 16.3. The van der Waals surface area contributed by atoms with Gasteiger partial charge in [0, 0.05) is 34.9 Å². The second-order valence-corrected chi connectivity index (χ2v) is 8.30. The number of hydrogen-bond donors (Lipinski definition) is 0. The number of aromatic nitrogens is 5. The van der Waals surface area contributed by atoms with Crippen molar-refractivity contribution in [3.05, 3.63) is 91.8 Å². The molecular formula is C21H20ClN5OS. The van der Waals surface area contributed by atoms with Crippen LogP contribution in [-0.2, 0) is 6.42 Å². The molecule has 0 saturated heterocycles. The summed E-state index contributed by atoms with van der Waals surface area (Å²) in [6.45, 7) is 5.94. The van der Waals surface area contributed by atoms with Crippen LogP contribution in [0.15, 0.2) is 53.8 Å². The average molecular weight is 426 g/mol. The zero-order chi connectivity index (χ0) is 20.5. The summed E-state index contributed by atoms with van der Waals surface area (Å²) in [4.78, 5) is 18.3.